The van der Waals surface area contributed by atoms with Crippen molar-refractivity contribution in [3.8, 4) is 0 Å². The highest BCUT2D eigenvalue weighted by Gasteiger charge is 2.21. The van der Waals surface area contributed by atoms with E-state index in [0.29, 0.717) is 11.5 Å². The molecule has 3 nitrogen and oxygen atoms in total. The Morgan fingerprint density at radius 2 is 2.18 bits per heavy atom. The van der Waals surface area contributed by atoms with Crippen LogP contribution in [0.25, 0.3) is 0 Å². The number of aromatic nitrogens is 2. The lowest BCUT2D eigenvalue weighted by Gasteiger charge is -2.28. The van der Waals surface area contributed by atoms with E-state index in [1.54, 1.807) is 0 Å². The van der Waals surface area contributed by atoms with Crippen LogP contribution in [0.1, 0.15) is 46.1 Å². The summed E-state index contributed by atoms with van der Waals surface area (Å²) in [4.78, 5) is 0. The first-order chi connectivity index (χ1) is 7.93. The summed E-state index contributed by atoms with van der Waals surface area (Å²) in [5.41, 5.74) is 1.66. The molecule has 17 heavy (non-hydrogen) atoms. The van der Waals surface area contributed by atoms with Crippen molar-refractivity contribution in [1.82, 2.24) is 15.1 Å². The van der Waals surface area contributed by atoms with Crippen LogP contribution >= 0.6 is 0 Å². The van der Waals surface area contributed by atoms with Crippen molar-refractivity contribution >= 4 is 0 Å². The number of hydrogen-bond acceptors (Lipinski definition) is 2. The highest BCUT2D eigenvalue weighted by molar-refractivity contribution is 5.06. The molecule has 1 N–H and O–H groups in total. The SMILES string of the molecule is CCCNC(C)CC(C)(C)Cc1cnn(C)c1. The van der Waals surface area contributed by atoms with Crippen molar-refractivity contribution < 1.29 is 0 Å². The van der Waals surface area contributed by atoms with Gasteiger partial charge >= 0.3 is 0 Å². The molecule has 3 heteroatoms. The lowest BCUT2D eigenvalue weighted by molar-refractivity contribution is 0.287. The summed E-state index contributed by atoms with van der Waals surface area (Å²) in [7, 11) is 1.97. The number of nitrogens with one attached hydrogen (secondary N) is 1. The van der Waals surface area contributed by atoms with Crippen molar-refractivity contribution in [2.75, 3.05) is 6.54 Å². The number of aryl methyl sites for hydroxylation is 1. The summed E-state index contributed by atoms with van der Waals surface area (Å²) in [6.07, 6.45) is 7.59. The third-order valence-corrected chi connectivity index (χ3v) is 3.04. The minimum absolute atomic E-state index is 0.323. The van der Waals surface area contributed by atoms with E-state index in [4.69, 9.17) is 0 Å². The van der Waals surface area contributed by atoms with Gasteiger partial charge in [0.1, 0.15) is 0 Å². The van der Waals surface area contributed by atoms with Gasteiger partial charge in [-0.25, -0.2) is 0 Å². The van der Waals surface area contributed by atoms with Crippen LogP contribution in [-0.2, 0) is 13.5 Å². The minimum atomic E-state index is 0.323. The topological polar surface area (TPSA) is 29.9 Å². The predicted octanol–water partition coefficient (Wildman–Crippen LogP) is 2.77. The van der Waals surface area contributed by atoms with Gasteiger partial charge in [0.15, 0.2) is 0 Å². The van der Waals surface area contributed by atoms with Gasteiger partial charge in [0.05, 0.1) is 6.20 Å². The largest absolute Gasteiger partial charge is 0.314 e. The molecule has 0 bridgehead atoms. The van der Waals surface area contributed by atoms with Gasteiger partial charge in [0.25, 0.3) is 0 Å². The van der Waals surface area contributed by atoms with Gasteiger partial charge in [-0.15, -0.1) is 0 Å². The van der Waals surface area contributed by atoms with Crippen LogP contribution in [-0.4, -0.2) is 22.4 Å². The molecule has 0 spiro atoms. The van der Waals surface area contributed by atoms with Gasteiger partial charge in [-0.05, 0) is 43.7 Å². The molecule has 1 heterocycles. The van der Waals surface area contributed by atoms with Gasteiger partial charge in [-0.1, -0.05) is 20.8 Å². The van der Waals surface area contributed by atoms with Crippen LogP contribution in [0.3, 0.4) is 0 Å². The monoisotopic (exact) mass is 237 g/mol. The van der Waals surface area contributed by atoms with Crippen LogP contribution in [0.5, 0.6) is 0 Å². The highest BCUT2D eigenvalue weighted by atomic mass is 15.2. The zero-order chi connectivity index (χ0) is 12.9. The Morgan fingerprint density at radius 1 is 1.47 bits per heavy atom. The Balaban J connectivity index is 2.44. The first kappa shape index (κ1) is 14.2. The second-order valence-electron chi connectivity index (χ2n) is 5.92. The van der Waals surface area contributed by atoms with Gasteiger partial charge in [0.2, 0.25) is 0 Å². The van der Waals surface area contributed by atoms with E-state index in [-0.39, 0.29) is 0 Å². The van der Waals surface area contributed by atoms with Crippen molar-refractivity contribution in [3.63, 3.8) is 0 Å². The number of rotatable bonds is 7. The predicted molar refractivity (Wildman–Crippen MR) is 73.1 cm³/mol. The molecule has 1 unspecified atom stereocenters. The van der Waals surface area contributed by atoms with E-state index >= 15 is 0 Å². The molecule has 1 rings (SSSR count). The van der Waals surface area contributed by atoms with Crippen LogP contribution in [0.4, 0.5) is 0 Å². The minimum Gasteiger partial charge on any atom is -0.314 e. The van der Waals surface area contributed by atoms with Crippen LogP contribution in [0.2, 0.25) is 0 Å². The summed E-state index contributed by atoms with van der Waals surface area (Å²) in [5.74, 6) is 0. The summed E-state index contributed by atoms with van der Waals surface area (Å²) in [5, 5.41) is 7.79. The number of hydrogen-bond donors (Lipinski definition) is 1. The van der Waals surface area contributed by atoms with E-state index in [0.717, 1.165) is 13.0 Å². The average Bonchev–Trinajstić information content (AvgIpc) is 2.59. The van der Waals surface area contributed by atoms with E-state index in [2.05, 4.69) is 44.3 Å². The zero-order valence-corrected chi connectivity index (χ0v) is 12.0. The Bertz CT molecular complexity index is 328. The van der Waals surface area contributed by atoms with E-state index in [9.17, 15) is 0 Å². The van der Waals surface area contributed by atoms with Crippen molar-refractivity contribution in [3.05, 3.63) is 18.0 Å². The first-order valence-corrected chi connectivity index (χ1v) is 6.64. The molecular weight excluding hydrogens is 210 g/mol. The molecule has 1 aromatic rings. The quantitative estimate of drug-likeness (QED) is 0.790. The summed E-state index contributed by atoms with van der Waals surface area (Å²) >= 11 is 0. The van der Waals surface area contributed by atoms with Crippen LogP contribution < -0.4 is 5.32 Å². The molecule has 0 fully saturated rings. The fourth-order valence-corrected chi connectivity index (χ4v) is 2.48. The normalized spacial score (nSPS) is 13.9. The van der Waals surface area contributed by atoms with E-state index < -0.39 is 0 Å². The lowest BCUT2D eigenvalue weighted by Crippen LogP contribution is -2.32. The average molecular weight is 237 g/mol. The molecular formula is C14H27N3. The first-order valence-electron chi connectivity index (χ1n) is 6.64. The molecule has 0 aliphatic rings. The zero-order valence-electron chi connectivity index (χ0n) is 12.0. The van der Waals surface area contributed by atoms with Crippen LogP contribution in [0, 0.1) is 5.41 Å². The van der Waals surface area contributed by atoms with Gasteiger partial charge in [0, 0.05) is 19.3 Å². The highest BCUT2D eigenvalue weighted by Crippen LogP contribution is 2.27. The summed E-state index contributed by atoms with van der Waals surface area (Å²) < 4.78 is 1.88. The molecule has 0 saturated heterocycles. The van der Waals surface area contributed by atoms with Crippen molar-refractivity contribution in [1.29, 1.82) is 0 Å². The van der Waals surface area contributed by atoms with Gasteiger partial charge < -0.3 is 5.32 Å². The number of nitrogens with zero attached hydrogens (tertiary/aromatic N) is 2. The molecule has 98 valence electrons. The Kier molecular flexibility index (Phi) is 5.19. The Hall–Kier alpha value is -0.830. The Labute approximate surface area is 106 Å². The van der Waals surface area contributed by atoms with Crippen LogP contribution in [0.15, 0.2) is 12.4 Å². The molecule has 0 aliphatic heterocycles. The van der Waals surface area contributed by atoms with Gasteiger partial charge in [-0.2, -0.15) is 5.10 Å². The molecule has 1 atom stereocenters. The summed E-state index contributed by atoms with van der Waals surface area (Å²) in [6.45, 7) is 10.3. The third kappa shape index (κ3) is 5.35. The fraction of sp³-hybridized carbons (Fsp3) is 0.786. The van der Waals surface area contributed by atoms with Crippen molar-refractivity contribution in [2.24, 2.45) is 12.5 Å². The fourth-order valence-electron chi connectivity index (χ4n) is 2.48. The molecule has 0 aliphatic carbocycles. The molecule has 1 aromatic heterocycles. The lowest BCUT2D eigenvalue weighted by atomic mass is 9.81. The van der Waals surface area contributed by atoms with E-state index in [1.165, 1.54) is 18.4 Å². The van der Waals surface area contributed by atoms with Gasteiger partial charge in [-0.3, -0.25) is 4.68 Å². The Morgan fingerprint density at radius 3 is 2.71 bits per heavy atom. The molecule has 0 radical (unpaired) electrons. The maximum atomic E-state index is 4.23. The maximum Gasteiger partial charge on any atom is 0.0521 e. The summed E-state index contributed by atoms with van der Waals surface area (Å²) in [6, 6.07) is 0.585. The third-order valence-electron chi connectivity index (χ3n) is 3.04. The van der Waals surface area contributed by atoms with Crippen molar-refractivity contribution in [2.45, 2.75) is 53.0 Å². The van der Waals surface area contributed by atoms with E-state index in [1.807, 2.05) is 17.9 Å². The molecule has 0 aromatic carbocycles. The molecule has 0 saturated carbocycles. The standard InChI is InChI=1S/C14H27N3/c1-6-7-15-12(2)8-14(3,4)9-13-10-16-17(5)11-13/h10-12,15H,6-9H2,1-5H3. The second kappa shape index (κ2) is 6.20. The maximum absolute atomic E-state index is 4.23. The molecule has 0 amide bonds. The second-order valence-corrected chi connectivity index (χ2v) is 5.92. The smallest absolute Gasteiger partial charge is 0.0521 e.